The van der Waals surface area contributed by atoms with Gasteiger partial charge in [-0.1, -0.05) is 36.4 Å². The highest BCUT2D eigenvalue weighted by Crippen LogP contribution is 2.34. The number of thiophene rings is 1. The van der Waals surface area contributed by atoms with Gasteiger partial charge in [-0.3, -0.25) is 0 Å². The van der Waals surface area contributed by atoms with Gasteiger partial charge >= 0.3 is 0 Å². The van der Waals surface area contributed by atoms with Crippen molar-refractivity contribution in [2.45, 2.75) is 19.4 Å². The highest BCUT2D eigenvalue weighted by atomic mass is 32.1. The fourth-order valence-corrected chi connectivity index (χ4v) is 4.15. The molecular weight excluding hydrogens is 380 g/mol. The van der Waals surface area contributed by atoms with Gasteiger partial charge in [0.15, 0.2) is 0 Å². The molecule has 1 atom stereocenters. The van der Waals surface area contributed by atoms with E-state index in [1.54, 1.807) is 31.6 Å². The molecule has 0 fully saturated rings. The molecule has 0 spiro atoms. The summed E-state index contributed by atoms with van der Waals surface area (Å²) >= 11 is 1.70. The second kappa shape index (κ2) is 8.55. The Morgan fingerprint density at radius 1 is 1.00 bits per heavy atom. The molecule has 0 amide bonds. The standard InChI is InChI=1S/C24H22N2O2S/c1-16(27)18-6-3-5-17(13-18)14-24-25-12-11-21(26-24)23-10-9-22(29-23)19-7-4-8-20(15-19)28-2/h3-13,15-16,27H,14H2,1-2H3. The largest absolute Gasteiger partial charge is 0.497 e. The predicted octanol–water partition coefficient (Wildman–Crippen LogP) is 5.52. The van der Waals surface area contributed by atoms with Crippen LogP contribution in [0.4, 0.5) is 0 Å². The Morgan fingerprint density at radius 2 is 1.83 bits per heavy atom. The Bertz CT molecular complexity index is 1120. The molecule has 0 aliphatic rings. The first-order chi connectivity index (χ1) is 14.1. The molecule has 1 unspecified atom stereocenters. The Morgan fingerprint density at radius 3 is 2.66 bits per heavy atom. The van der Waals surface area contributed by atoms with Crippen LogP contribution < -0.4 is 4.74 Å². The zero-order chi connectivity index (χ0) is 20.2. The van der Waals surface area contributed by atoms with E-state index < -0.39 is 6.10 Å². The van der Waals surface area contributed by atoms with Gasteiger partial charge in [0, 0.05) is 17.5 Å². The van der Waals surface area contributed by atoms with E-state index in [0.29, 0.717) is 6.42 Å². The SMILES string of the molecule is COc1cccc(-c2ccc(-c3ccnc(Cc4cccc(C(C)O)c4)n3)s2)c1. The minimum absolute atomic E-state index is 0.483. The van der Waals surface area contributed by atoms with Gasteiger partial charge in [0.1, 0.15) is 11.6 Å². The summed E-state index contributed by atoms with van der Waals surface area (Å²) in [4.78, 5) is 11.5. The molecule has 0 bridgehead atoms. The van der Waals surface area contributed by atoms with Crippen molar-refractivity contribution in [3.63, 3.8) is 0 Å². The summed E-state index contributed by atoms with van der Waals surface area (Å²) < 4.78 is 5.33. The molecule has 2 aromatic heterocycles. The molecule has 0 saturated heterocycles. The smallest absolute Gasteiger partial charge is 0.133 e. The summed E-state index contributed by atoms with van der Waals surface area (Å²) in [6.45, 7) is 1.77. The lowest BCUT2D eigenvalue weighted by Gasteiger charge is -2.07. The van der Waals surface area contributed by atoms with E-state index >= 15 is 0 Å². The van der Waals surface area contributed by atoms with Crippen molar-refractivity contribution in [2.75, 3.05) is 7.11 Å². The van der Waals surface area contributed by atoms with Gasteiger partial charge in [0.2, 0.25) is 0 Å². The van der Waals surface area contributed by atoms with Crippen LogP contribution in [0, 0.1) is 0 Å². The third-order valence-electron chi connectivity index (χ3n) is 4.71. The number of methoxy groups -OCH3 is 1. The van der Waals surface area contributed by atoms with Crippen molar-refractivity contribution in [3.8, 4) is 26.8 Å². The number of aromatic nitrogens is 2. The minimum atomic E-state index is -0.483. The Hall–Kier alpha value is -3.02. The maximum atomic E-state index is 9.80. The van der Waals surface area contributed by atoms with E-state index in [0.717, 1.165) is 38.8 Å². The van der Waals surface area contributed by atoms with Gasteiger partial charge < -0.3 is 9.84 Å². The Labute approximate surface area is 174 Å². The van der Waals surface area contributed by atoms with Crippen molar-refractivity contribution in [1.29, 1.82) is 0 Å². The van der Waals surface area contributed by atoms with Crippen LogP contribution in [0.15, 0.2) is 72.9 Å². The fourth-order valence-electron chi connectivity index (χ4n) is 3.17. The van der Waals surface area contributed by atoms with E-state index in [1.807, 2.05) is 48.5 Å². The predicted molar refractivity (Wildman–Crippen MR) is 117 cm³/mol. The summed E-state index contributed by atoms with van der Waals surface area (Å²) in [5, 5.41) is 9.80. The van der Waals surface area contributed by atoms with Crippen LogP contribution in [0.3, 0.4) is 0 Å². The lowest BCUT2D eigenvalue weighted by atomic mass is 10.0. The zero-order valence-corrected chi connectivity index (χ0v) is 17.2. The normalized spacial score (nSPS) is 12.0. The average molecular weight is 403 g/mol. The number of benzene rings is 2. The molecule has 0 radical (unpaired) electrons. The summed E-state index contributed by atoms with van der Waals surface area (Å²) in [7, 11) is 1.68. The van der Waals surface area contributed by atoms with Crippen LogP contribution in [-0.4, -0.2) is 22.2 Å². The second-order valence-electron chi connectivity index (χ2n) is 6.85. The molecule has 2 heterocycles. The van der Waals surface area contributed by atoms with Crippen LogP contribution in [0.5, 0.6) is 5.75 Å². The lowest BCUT2D eigenvalue weighted by molar-refractivity contribution is 0.199. The number of nitrogens with zero attached hydrogens (tertiary/aromatic N) is 2. The number of ether oxygens (including phenoxy) is 1. The van der Waals surface area contributed by atoms with Crippen LogP contribution in [0.1, 0.15) is 30.0 Å². The molecule has 0 aliphatic heterocycles. The van der Waals surface area contributed by atoms with Gasteiger partial charge in [-0.25, -0.2) is 9.97 Å². The minimum Gasteiger partial charge on any atom is -0.497 e. The topological polar surface area (TPSA) is 55.2 Å². The number of hydrogen-bond acceptors (Lipinski definition) is 5. The van der Waals surface area contributed by atoms with E-state index in [9.17, 15) is 5.11 Å². The van der Waals surface area contributed by atoms with Gasteiger partial charge in [-0.15, -0.1) is 11.3 Å². The molecule has 2 aromatic carbocycles. The van der Waals surface area contributed by atoms with Gasteiger partial charge in [-0.05, 0) is 53.9 Å². The number of hydrogen-bond donors (Lipinski definition) is 1. The molecule has 5 heteroatoms. The quantitative estimate of drug-likeness (QED) is 0.461. The van der Waals surface area contributed by atoms with E-state index in [4.69, 9.17) is 9.72 Å². The van der Waals surface area contributed by atoms with Crippen LogP contribution in [0.2, 0.25) is 0 Å². The van der Waals surface area contributed by atoms with Crippen LogP contribution in [-0.2, 0) is 6.42 Å². The molecule has 146 valence electrons. The number of rotatable bonds is 6. The zero-order valence-electron chi connectivity index (χ0n) is 16.4. The Balaban J connectivity index is 1.58. The molecular formula is C24H22N2O2S. The Kier molecular flexibility index (Phi) is 5.69. The van der Waals surface area contributed by atoms with Crippen molar-refractivity contribution < 1.29 is 9.84 Å². The van der Waals surface area contributed by atoms with Crippen molar-refractivity contribution in [1.82, 2.24) is 9.97 Å². The highest BCUT2D eigenvalue weighted by molar-refractivity contribution is 7.18. The van der Waals surface area contributed by atoms with E-state index in [1.165, 1.54) is 4.88 Å². The van der Waals surface area contributed by atoms with Crippen LogP contribution in [0.25, 0.3) is 21.0 Å². The summed E-state index contributed by atoms with van der Waals surface area (Å²) in [6, 6.07) is 22.1. The molecule has 1 N–H and O–H groups in total. The van der Waals surface area contributed by atoms with Gasteiger partial charge in [0.05, 0.1) is 23.8 Å². The average Bonchev–Trinajstić information content (AvgIpc) is 3.25. The maximum absolute atomic E-state index is 9.80. The number of aliphatic hydroxyl groups excluding tert-OH is 1. The molecule has 0 saturated carbocycles. The van der Waals surface area contributed by atoms with Gasteiger partial charge in [0.25, 0.3) is 0 Å². The first-order valence-electron chi connectivity index (χ1n) is 9.46. The third-order valence-corrected chi connectivity index (χ3v) is 5.87. The summed E-state index contributed by atoms with van der Waals surface area (Å²) in [5.74, 6) is 1.61. The summed E-state index contributed by atoms with van der Waals surface area (Å²) in [5.41, 5.74) is 4.04. The van der Waals surface area contributed by atoms with Crippen LogP contribution >= 0.6 is 11.3 Å². The van der Waals surface area contributed by atoms with Crippen molar-refractivity contribution >= 4 is 11.3 Å². The van der Waals surface area contributed by atoms with Crippen molar-refractivity contribution in [2.24, 2.45) is 0 Å². The molecule has 4 aromatic rings. The maximum Gasteiger partial charge on any atom is 0.133 e. The molecule has 4 nitrogen and oxygen atoms in total. The monoisotopic (exact) mass is 402 g/mol. The first-order valence-corrected chi connectivity index (χ1v) is 10.3. The molecule has 4 rings (SSSR count). The number of aliphatic hydroxyl groups is 1. The molecule has 29 heavy (non-hydrogen) atoms. The first kappa shape index (κ1) is 19.3. The highest BCUT2D eigenvalue weighted by Gasteiger charge is 2.09. The van der Waals surface area contributed by atoms with E-state index in [2.05, 4.69) is 23.2 Å². The third kappa shape index (κ3) is 4.53. The fraction of sp³-hybridized carbons (Fsp3) is 0.167. The van der Waals surface area contributed by atoms with E-state index in [-0.39, 0.29) is 0 Å². The van der Waals surface area contributed by atoms with Crippen molar-refractivity contribution in [3.05, 3.63) is 89.9 Å². The summed E-state index contributed by atoms with van der Waals surface area (Å²) in [6.07, 6.45) is 1.95. The van der Waals surface area contributed by atoms with Gasteiger partial charge in [-0.2, -0.15) is 0 Å². The second-order valence-corrected chi connectivity index (χ2v) is 7.94. The lowest BCUT2D eigenvalue weighted by Crippen LogP contribution is -1.99. The molecule has 0 aliphatic carbocycles.